The van der Waals surface area contributed by atoms with E-state index < -0.39 is 6.04 Å². The van der Waals surface area contributed by atoms with E-state index in [2.05, 4.69) is 52.7 Å². The summed E-state index contributed by atoms with van der Waals surface area (Å²) in [6, 6.07) is 13.6. The van der Waals surface area contributed by atoms with E-state index in [1.54, 1.807) is 13.3 Å². The van der Waals surface area contributed by atoms with E-state index >= 15 is 0 Å². The van der Waals surface area contributed by atoms with Crippen LogP contribution in [0.2, 0.25) is 0 Å². The largest absolute Gasteiger partial charge is 0.481 e. The fourth-order valence-corrected chi connectivity index (χ4v) is 5.04. The maximum Gasteiger partial charge on any atom is 0.213 e. The molecular weight excluding hydrogens is 438 g/mol. The SMILES string of the molecule is COc1cccc(-c2cc3c(c(Nc4ccc(C5CCN(C)CC5)c(C)c4)n2)C(C=O)NC=C3)n1. The fraction of sp³-hybridized carbons (Fsp3) is 0.321. The number of carbonyl (C=O) groups excluding carboxylic acids is 1. The Kier molecular flexibility index (Phi) is 6.51. The molecule has 1 aromatic carbocycles. The number of likely N-dealkylation sites (tertiary alicyclic amines) is 1. The number of nitrogens with zero attached hydrogens (tertiary/aromatic N) is 3. The lowest BCUT2D eigenvalue weighted by molar-refractivity contribution is -0.109. The summed E-state index contributed by atoms with van der Waals surface area (Å²) < 4.78 is 5.30. The summed E-state index contributed by atoms with van der Waals surface area (Å²) in [4.78, 5) is 23.7. The average molecular weight is 470 g/mol. The number of piperidine rings is 1. The quantitative estimate of drug-likeness (QED) is 0.501. The van der Waals surface area contributed by atoms with Crippen molar-refractivity contribution in [2.75, 3.05) is 32.6 Å². The highest BCUT2D eigenvalue weighted by Gasteiger charge is 2.24. The summed E-state index contributed by atoms with van der Waals surface area (Å²) in [7, 11) is 3.79. The normalized spacial score (nSPS) is 18.0. The van der Waals surface area contributed by atoms with Gasteiger partial charge in [-0.25, -0.2) is 9.97 Å². The highest BCUT2D eigenvalue weighted by Crippen LogP contribution is 2.35. The Morgan fingerprint density at radius 3 is 2.69 bits per heavy atom. The molecule has 5 rings (SSSR count). The van der Waals surface area contributed by atoms with Crippen LogP contribution in [0.3, 0.4) is 0 Å². The van der Waals surface area contributed by atoms with Gasteiger partial charge in [-0.05, 0) is 99.1 Å². The first-order valence-electron chi connectivity index (χ1n) is 12.1. The first-order chi connectivity index (χ1) is 17.1. The number of aldehydes is 1. The highest BCUT2D eigenvalue weighted by atomic mass is 16.5. The second kappa shape index (κ2) is 9.88. The van der Waals surface area contributed by atoms with Crippen LogP contribution in [-0.2, 0) is 4.79 Å². The van der Waals surface area contributed by atoms with E-state index in [0.29, 0.717) is 29.0 Å². The lowest BCUT2D eigenvalue weighted by Crippen LogP contribution is -2.29. The number of methoxy groups -OCH3 is 1. The van der Waals surface area contributed by atoms with Gasteiger partial charge < -0.3 is 25.1 Å². The van der Waals surface area contributed by atoms with Gasteiger partial charge in [-0.2, -0.15) is 0 Å². The Balaban J connectivity index is 1.51. The number of aryl methyl sites for hydroxylation is 1. The van der Waals surface area contributed by atoms with Crippen LogP contribution < -0.4 is 15.4 Å². The zero-order valence-electron chi connectivity index (χ0n) is 20.4. The summed E-state index contributed by atoms with van der Waals surface area (Å²) in [6.07, 6.45) is 7.05. The molecule has 1 atom stereocenters. The molecule has 0 radical (unpaired) electrons. The molecule has 0 spiro atoms. The van der Waals surface area contributed by atoms with Crippen LogP contribution in [-0.4, -0.2) is 48.4 Å². The smallest absolute Gasteiger partial charge is 0.213 e. The monoisotopic (exact) mass is 469 g/mol. The zero-order chi connectivity index (χ0) is 24.4. The van der Waals surface area contributed by atoms with Crippen molar-refractivity contribution in [3.63, 3.8) is 0 Å². The molecule has 0 aliphatic carbocycles. The van der Waals surface area contributed by atoms with Gasteiger partial charge in [0, 0.05) is 17.3 Å². The number of ether oxygens (including phenoxy) is 1. The lowest BCUT2D eigenvalue weighted by atomic mass is 9.87. The molecule has 1 fully saturated rings. The number of pyridine rings is 2. The maximum atomic E-state index is 11.9. The Bertz CT molecular complexity index is 1260. The molecule has 2 aromatic heterocycles. The predicted octanol–water partition coefficient (Wildman–Crippen LogP) is 4.83. The minimum Gasteiger partial charge on any atom is -0.481 e. The molecule has 35 heavy (non-hydrogen) atoms. The Morgan fingerprint density at radius 2 is 1.94 bits per heavy atom. The molecule has 1 saturated heterocycles. The number of fused-ring (bicyclic) bond motifs is 1. The van der Waals surface area contributed by atoms with E-state index in [0.717, 1.165) is 36.2 Å². The third-order valence-electron chi connectivity index (χ3n) is 6.96. The molecule has 7 nitrogen and oxygen atoms in total. The van der Waals surface area contributed by atoms with E-state index in [1.165, 1.54) is 24.0 Å². The van der Waals surface area contributed by atoms with Crippen LogP contribution in [0.5, 0.6) is 5.88 Å². The summed E-state index contributed by atoms with van der Waals surface area (Å²) in [5.74, 6) is 1.77. The average Bonchev–Trinajstić information content (AvgIpc) is 2.89. The molecule has 0 saturated carbocycles. The fourth-order valence-electron chi connectivity index (χ4n) is 5.04. The van der Waals surface area contributed by atoms with Crippen molar-refractivity contribution >= 4 is 23.9 Å². The van der Waals surface area contributed by atoms with Crippen LogP contribution >= 0.6 is 0 Å². The van der Waals surface area contributed by atoms with Crippen LogP contribution in [0.1, 0.15) is 47.1 Å². The van der Waals surface area contributed by atoms with Crippen molar-refractivity contribution in [1.82, 2.24) is 20.2 Å². The lowest BCUT2D eigenvalue weighted by Gasteiger charge is -2.30. The van der Waals surface area contributed by atoms with Crippen molar-refractivity contribution < 1.29 is 9.53 Å². The van der Waals surface area contributed by atoms with Gasteiger partial charge in [0.1, 0.15) is 18.1 Å². The number of benzene rings is 1. The molecule has 0 amide bonds. The standard InChI is InChI=1S/C28H31N5O2/c1-18-15-21(7-8-22(18)19-10-13-33(2)14-11-19)30-28-27-20(9-12-29-25(27)17-34)16-24(32-28)23-5-4-6-26(31-23)35-3/h4-9,12,15-17,19,25,29H,10-11,13-14H2,1-3H3,(H,30,32). The Hall–Kier alpha value is -3.71. The molecule has 180 valence electrons. The van der Waals surface area contributed by atoms with Crippen molar-refractivity contribution in [3.05, 3.63) is 70.9 Å². The van der Waals surface area contributed by atoms with Gasteiger partial charge in [-0.1, -0.05) is 12.1 Å². The van der Waals surface area contributed by atoms with Crippen molar-refractivity contribution in [1.29, 1.82) is 0 Å². The van der Waals surface area contributed by atoms with Gasteiger partial charge >= 0.3 is 0 Å². The summed E-state index contributed by atoms with van der Waals surface area (Å²) >= 11 is 0. The molecule has 1 unspecified atom stereocenters. The summed E-state index contributed by atoms with van der Waals surface area (Å²) in [5, 5.41) is 6.63. The van der Waals surface area contributed by atoms with E-state index in [4.69, 9.17) is 9.72 Å². The van der Waals surface area contributed by atoms with E-state index in [1.807, 2.05) is 30.3 Å². The molecule has 3 aromatic rings. The Labute approximate surface area is 206 Å². The van der Waals surface area contributed by atoms with Gasteiger partial charge in [0.25, 0.3) is 0 Å². The molecule has 2 aliphatic heterocycles. The van der Waals surface area contributed by atoms with Crippen LogP contribution in [0.15, 0.2) is 48.7 Å². The first-order valence-corrected chi connectivity index (χ1v) is 12.1. The van der Waals surface area contributed by atoms with Gasteiger partial charge in [0.05, 0.1) is 18.5 Å². The summed E-state index contributed by atoms with van der Waals surface area (Å²) in [5.41, 5.74) is 6.81. The number of rotatable bonds is 6. The van der Waals surface area contributed by atoms with Crippen molar-refractivity contribution in [2.24, 2.45) is 0 Å². The Morgan fingerprint density at radius 1 is 1.11 bits per heavy atom. The molecule has 2 aliphatic rings. The summed E-state index contributed by atoms with van der Waals surface area (Å²) in [6.45, 7) is 4.45. The number of hydrogen-bond donors (Lipinski definition) is 2. The van der Waals surface area contributed by atoms with Gasteiger partial charge in [0.2, 0.25) is 5.88 Å². The molecule has 4 heterocycles. The van der Waals surface area contributed by atoms with Crippen LogP contribution in [0.25, 0.3) is 17.5 Å². The number of anilines is 2. The number of aromatic nitrogens is 2. The topological polar surface area (TPSA) is 79.4 Å². The molecule has 7 heteroatoms. The molecular formula is C28H31N5O2. The number of nitrogens with one attached hydrogen (secondary N) is 2. The predicted molar refractivity (Wildman–Crippen MR) is 139 cm³/mol. The first kappa shape index (κ1) is 23.1. The molecule has 2 N–H and O–H groups in total. The second-order valence-corrected chi connectivity index (χ2v) is 9.31. The highest BCUT2D eigenvalue weighted by molar-refractivity contribution is 5.79. The van der Waals surface area contributed by atoms with Crippen molar-refractivity contribution in [3.8, 4) is 17.3 Å². The minimum absolute atomic E-state index is 0.475. The third kappa shape index (κ3) is 4.77. The van der Waals surface area contributed by atoms with Gasteiger partial charge in [-0.3, -0.25) is 0 Å². The third-order valence-corrected chi connectivity index (χ3v) is 6.96. The van der Waals surface area contributed by atoms with Gasteiger partial charge in [-0.15, -0.1) is 0 Å². The van der Waals surface area contributed by atoms with Gasteiger partial charge in [0.15, 0.2) is 0 Å². The van der Waals surface area contributed by atoms with E-state index in [-0.39, 0.29) is 0 Å². The number of carbonyl (C=O) groups is 1. The van der Waals surface area contributed by atoms with E-state index in [9.17, 15) is 4.79 Å². The minimum atomic E-state index is -0.475. The van der Waals surface area contributed by atoms with Crippen molar-refractivity contribution in [2.45, 2.75) is 31.7 Å². The maximum absolute atomic E-state index is 11.9. The van der Waals surface area contributed by atoms with Crippen LogP contribution in [0.4, 0.5) is 11.5 Å². The second-order valence-electron chi connectivity index (χ2n) is 9.31. The number of hydrogen-bond acceptors (Lipinski definition) is 7. The van der Waals surface area contributed by atoms with Crippen LogP contribution in [0, 0.1) is 6.92 Å². The zero-order valence-corrected chi connectivity index (χ0v) is 20.4. The molecule has 0 bridgehead atoms.